The van der Waals surface area contributed by atoms with E-state index in [4.69, 9.17) is 25.8 Å². The second-order valence-corrected chi connectivity index (χ2v) is 10.0. The number of aliphatic hydroxyl groups is 2. The zero-order chi connectivity index (χ0) is 25.8. The maximum Gasteiger partial charge on any atom is 0.312 e. The van der Waals surface area contributed by atoms with E-state index in [9.17, 15) is 29.4 Å². The van der Waals surface area contributed by atoms with Gasteiger partial charge in [-0.15, -0.1) is 11.6 Å². The number of rotatable bonds is 2. The lowest BCUT2D eigenvalue weighted by Gasteiger charge is -2.54. The number of carbonyl (C=O) groups excluding carboxylic acids is 4. The highest BCUT2D eigenvalue weighted by atomic mass is 35.5. The third-order valence-electron chi connectivity index (χ3n) is 7.18. The van der Waals surface area contributed by atoms with Crippen LogP contribution in [-0.2, 0) is 33.4 Å². The van der Waals surface area contributed by atoms with E-state index in [-0.39, 0.29) is 5.57 Å². The predicted octanol–water partition coefficient (Wildman–Crippen LogP) is 1.39. The summed E-state index contributed by atoms with van der Waals surface area (Å²) in [5.74, 6) is -5.67. The highest BCUT2D eigenvalue weighted by Crippen LogP contribution is 2.54. The molecule has 0 radical (unpaired) electrons. The minimum Gasteiger partial charge on any atom is -0.459 e. The van der Waals surface area contributed by atoms with Crippen LogP contribution in [0.25, 0.3) is 0 Å². The third kappa shape index (κ3) is 3.89. The van der Waals surface area contributed by atoms with E-state index in [2.05, 4.69) is 6.58 Å². The van der Waals surface area contributed by atoms with Crippen molar-refractivity contribution in [3.05, 3.63) is 36.5 Å². The molecule has 0 saturated carbocycles. The first kappa shape index (κ1) is 26.1. The maximum atomic E-state index is 12.9. The lowest BCUT2D eigenvalue weighted by Crippen LogP contribution is -2.69. The van der Waals surface area contributed by atoms with Gasteiger partial charge in [0.1, 0.15) is 17.8 Å². The van der Waals surface area contributed by atoms with E-state index in [1.54, 1.807) is 6.92 Å². The molecule has 0 amide bonds. The highest BCUT2D eigenvalue weighted by Gasteiger charge is 2.70. The van der Waals surface area contributed by atoms with Crippen LogP contribution in [-0.4, -0.2) is 68.8 Å². The molecular formula is C24H29ClO9. The molecule has 1 fully saturated rings. The molecule has 0 aromatic carbocycles. The third-order valence-corrected chi connectivity index (χ3v) is 7.69. The van der Waals surface area contributed by atoms with Crippen LogP contribution >= 0.6 is 11.6 Å². The molecule has 9 unspecified atom stereocenters. The van der Waals surface area contributed by atoms with Crippen molar-refractivity contribution in [2.24, 2.45) is 17.3 Å². The van der Waals surface area contributed by atoms with Gasteiger partial charge in [0, 0.05) is 25.2 Å². The number of ether oxygens (including phenoxy) is 3. The van der Waals surface area contributed by atoms with Crippen LogP contribution in [0.3, 0.4) is 0 Å². The topological polar surface area (TPSA) is 136 Å². The fraction of sp³-hybridized carbons (Fsp3) is 0.583. The first-order valence-electron chi connectivity index (χ1n) is 10.8. The smallest absolute Gasteiger partial charge is 0.312 e. The summed E-state index contributed by atoms with van der Waals surface area (Å²) in [6, 6.07) is 0. The van der Waals surface area contributed by atoms with Gasteiger partial charge in [0.2, 0.25) is 0 Å². The molecule has 0 aromatic heterocycles. The Morgan fingerprint density at radius 1 is 1.12 bits per heavy atom. The molecule has 0 aromatic rings. The molecule has 10 heteroatoms. The Morgan fingerprint density at radius 2 is 1.71 bits per heavy atom. The van der Waals surface area contributed by atoms with E-state index in [0.717, 1.165) is 13.0 Å². The van der Waals surface area contributed by atoms with Crippen molar-refractivity contribution in [1.29, 1.82) is 0 Å². The van der Waals surface area contributed by atoms with Gasteiger partial charge in [0.15, 0.2) is 17.5 Å². The number of fused-ring (bicyclic) bond motifs is 2. The molecule has 9 atom stereocenters. The van der Waals surface area contributed by atoms with Gasteiger partial charge in [0.05, 0.1) is 11.3 Å². The zero-order valence-corrected chi connectivity index (χ0v) is 20.4. The van der Waals surface area contributed by atoms with Crippen LogP contribution in [0.15, 0.2) is 36.5 Å². The molecule has 9 nitrogen and oxygen atoms in total. The second-order valence-electron chi connectivity index (χ2n) is 9.55. The van der Waals surface area contributed by atoms with Crippen molar-refractivity contribution >= 4 is 35.3 Å². The second kappa shape index (κ2) is 8.62. The number of alkyl halides is 1. The minimum absolute atomic E-state index is 0.232. The summed E-state index contributed by atoms with van der Waals surface area (Å²) in [6.45, 7) is 10.4. The van der Waals surface area contributed by atoms with Crippen molar-refractivity contribution in [3.63, 3.8) is 0 Å². The summed E-state index contributed by atoms with van der Waals surface area (Å²) in [5.41, 5.74) is -5.65. The fourth-order valence-corrected chi connectivity index (χ4v) is 5.62. The standard InChI is InChI=1S/C24H29ClO9/c1-11-7-8-16(32-13(3)26)22(5)10-9-15(28)23(6,30)18(22)20(33-14(4)27)24(31)12(2)21(29)34-19(24)17(11)25/h7-10,12,16-20,30-31H,1H2,2-6H3. The van der Waals surface area contributed by atoms with Gasteiger partial charge in [-0.2, -0.15) is 0 Å². The quantitative estimate of drug-likeness (QED) is 0.330. The van der Waals surface area contributed by atoms with Gasteiger partial charge in [-0.25, -0.2) is 0 Å². The molecule has 1 aliphatic heterocycles. The van der Waals surface area contributed by atoms with Gasteiger partial charge in [-0.1, -0.05) is 25.7 Å². The lowest BCUT2D eigenvalue weighted by atomic mass is 9.55. The number of hydrogen-bond donors (Lipinski definition) is 2. The first-order valence-corrected chi connectivity index (χ1v) is 11.3. The van der Waals surface area contributed by atoms with E-state index < -0.39 is 75.8 Å². The predicted molar refractivity (Wildman–Crippen MR) is 119 cm³/mol. The molecular weight excluding hydrogens is 468 g/mol. The van der Waals surface area contributed by atoms with Crippen LogP contribution in [0.1, 0.15) is 34.6 Å². The van der Waals surface area contributed by atoms with E-state index >= 15 is 0 Å². The zero-order valence-electron chi connectivity index (χ0n) is 19.6. The van der Waals surface area contributed by atoms with Crippen molar-refractivity contribution in [3.8, 4) is 0 Å². The number of esters is 3. The summed E-state index contributed by atoms with van der Waals surface area (Å²) in [5, 5.41) is 22.4. The van der Waals surface area contributed by atoms with Crippen molar-refractivity contribution in [1.82, 2.24) is 0 Å². The molecule has 2 N–H and O–H groups in total. The van der Waals surface area contributed by atoms with Crippen LogP contribution in [0.2, 0.25) is 0 Å². The van der Waals surface area contributed by atoms with Gasteiger partial charge in [-0.05, 0) is 31.6 Å². The summed E-state index contributed by atoms with van der Waals surface area (Å²) < 4.78 is 16.6. The minimum atomic E-state index is -2.27. The maximum absolute atomic E-state index is 12.9. The van der Waals surface area contributed by atoms with Gasteiger partial charge in [0.25, 0.3) is 0 Å². The number of halogens is 1. The van der Waals surface area contributed by atoms with Crippen molar-refractivity contribution in [2.75, 3.05) is 0 Å². The normalized spacial score (nSPS) is 44.1. The Bertz CT molecular complexity index is 998. The largest absolute Gasteiger partial charge is 0.459 e. The number of hydrogen-bond acceptors (Lipinski definition) is 9. The molecule has 186 valence electrons. The average Bonchev–Trinajstić information content (AvgIpc) is 2.96. The summed E-state index contributed by atoms with van der Waals surface area (Å²) >= 11 is 6.58. The Balaban J connectivity index is 2.41. The Labute approximate surface area is 202 Å². The lowest BCUT2D eigenvalue weighted by molar-refractivity contribution is -0.224. The van der Waals surface area contributed by atoms with E-state index in [1.807, 2.05) is 0 Å². The van der Waals surface area contributed by atoms with Crippen LogP contribution < -0.4 is 0 Å². The monoisotopic (exact) mass is 496 g/mol. The van der Waals surface area contributed by atoms with Gasteiger partial charge < -0.3 is 24.4 Å². The van der Waals surface area contributed by atoms with Crippen molar-refractivity contribution in [2.45, 2.75) is 69.5 Å². The van der Waals surface area contributed by atoms with Crippen molar-refractivity contribution < 1.29 is 43.6 Å². The van der Waals surface area contributed by atoms with Gasteiger partial charge >= 0.3 is 17.9 Å². The summed E-state index contributed by atoms with van der Waals surface area (Å²) in [6.07, 6.45) is 1.34. The SMILES string of the molecule is C=C1C=CC(OC(C)=O)C2(C)C=CC(=O)C(C)(O)C2C(OC(C)=O)C2(O)C(C)C(=O)OC2C1Cl. The van der Waals surface area contributed by atoms with Crippen LogP contribution in [0, 0.1) is 17.3 Å². The molecule has 2 aliphatic carbocycles. The molecule has 0 spiro atoms. The number of carbonyl (C=O) groups is 4. The van der Waals surface area contributed by atoms with E-state index in [0.29, 0.717) is 0 Å². The number of allylic oxidation sites excluding steroid dienone is 1. The molecule has 34 heavy (non-hydrogen) atoms. The molecule has 3 aliphatic rings. The summed E-state index contributed by atoms with van der Waals surface area (Å²) in [4.78, 5) is 49.8. The molecule has 0 bridgehead atoms. The highest BCUT2D eigenvalue weighted by molar-refractivity contribution is 6.23. The Kier molecular flexibility index (Phi) is 6.62. The Morgan fingerprint density at radius 3 is 2.26 bits per heavy atom. The van der Waals surface area contributed by atoms with E-state index in [1.165, 1.54) is 39.0 Å². The average molecular weight is 497 g/mol. The summed E-state index contributed by atoms with van der Waals surface area (Å²) in [7, 11) is 0. The van der Waals surface area contributed by atoms with Crippen LogP contribution in [0.4, 0.5) is 0 Å². The first-order chi connectivity index (χ1) is 15.6. The molecule has 1 saturated heterocycles. The molecule has 3 rings (SSSR count). The Hall–Kier alpha value is -2.49. The number of ketones is 1. The fourth-order valence-electron chi connectivity index (χ4n) is 5.30. The van der Waals surface area contributed by atoms with Gasteiger partial charge in [-0.3, -0.25) is 19.2 Å². The molecule has 1 heterocycles. The van der Waals surface area contributed by atoms with Crippen LogP contribution in [0.5, 0.6) is 0 Å².